The first-order chi connectivity index (χ1) is 17.0. The zero-order valence-electron chi connectivity index (χ0n) is 21.6. The van der Waals surface area contributed by atoms with Crippen LogP contribution in [0.3, 0.4) is 0 Å². The van der Waals surface area contributed by atoms with E-state index in [1.807, 2.05) is 56.0 Å². The smallest absolute Gasteiger partial charge is 0.253 e. The quantitative estimate of drug-likeness (QED) is 0.380. The van der Waals surface area contributed by atoms with Crippen LogP contribution < -0.4 is 9.64 Å². The fourth-order valence-corrected chi connectivity index (χ4v) is 4.58. The van der Waals surface area contributed by atoms with Gasteiger partial charge in [-0.05, 0) is 70.0 Å². The molecule has 0 aliphatic carbocycles. The monoisotopic (exact) mass is 477 g/mol. The van der Waals surface area contributed by atoms with Gasteiger partial charge in [-0.25, -0.2) is 0 Å². The second kappa shape index (κ2) is 13.0. The number of anilines is 2. The molecule has 1 aliphatic heterocycles. The average Bonchev–Trinajstić information content (AvgIpc) is 2.90. The third-order valence-electron chi connectivity index (χ3n) is 6.47. The van der Waals surface area contributed by atoms with Gasteiger partial charge < -0.3 is 19.3 Å². The summed E-state index contributed by atoms with van der Waals surface area (Å²) in [5.74, 6) is 1.67. The van der Waals surface area contributed by atoms with Gasteiger partial charge in [0.2, 0.25) is 0 Å². The largest absolute Gasteiger partial charge is 0.497 e. The first-order valence-corrected chi connectivity index (χ1v) is 12.5. The van der Waals surface area contributed by atoms with Gasteiger partial charge in [-0.1, -0.05) is 18.7 Å². The van der Waals surface area contributed by atoms with Crippen molar-refractivity contribution in [1.29, 1.82) is 0 Å². The number of carbonyl (C=O) groups is 1. The van der Waals surface area contributed by atoms with Gasteiger partial charge in [-0.3, -0.25) is 9.69 Å². The minimum atomic E-state index is 0.0724. The Bertz CT molecular complexity index is 990. The molecule has 0 saturated carbocycles. The summed E-state index contributed by atoms with van der Waals surface area (Å²) < 4.78 is 11.0. The normalized spacial score (nSPS) is 14.6. The van der Waals surface area contributed by atoms with Crippen molar-refractivity contribution >= 4 is 17.3 Å². The highest BCUT2D eigenvalue weighted by atomic mass is 16.5. The minimum Gasteiger partial charge on any atom is -0.497 e. The molecule has 0 N–H and O–H groups in total. The molecule has 0 spiro atoms. The van der Waals surface area contributed by atoms with Crippen molar-refractivity contribution in [2.45, 2.75) is 39.7 Å². The number of nitrogens with zero attached hydrogens (tertiary/aromatic N) is 3. The second-order valence-corrected chi connectivity index (χ2v) is 8.73. The summed E-state index contributed by atoms with van der Waals surface area (Å²) in [6.45, 7) is 14.0. The highest BCUT2D eigenvalue weighted by Crippen LogP contribution is 2.34. The molecule has 2 aromatic rings. The van der Waals surface area contributed by atoms with Gasteiger partial charge >= 0.3 is 0 Å². The summed E-state index contributed by atoms with van der Waals surface area (Å²) in [5.41, 5.74) is 2.89. The molecule has 188 valence electrons. The van der Waals surface area contributed by atoms with Gasteiger partial charge in [0.25, 0.3) is 5.91 Å². The van der Waals surface area contributed by atoms with Crippen molar-refractivity contribution in [3.8, 4) is 5.75 Å². The number of hydrogen-bond donors (Lipinski definition) is 0. The summed E-state index contributed by atoms with van der Waals surface area (Å²) in [4.78, 5) is 19.4. The standard InChI is InChI=1S/C29H39N3O3/c1-6-20-35-23(4)22-30-18-16-26(17-19-30)32(27-10-9-11-28(21-27)34-5)25-14-12-24(13-15-25)29(33)31(7-2)8-3/h6,9-15,20-21,26H,4,7-8,16-19,22H2,1-3,5H3/b20-6-. The van der Waals surface area contributed by atoms with E-state index < -0.39 is 0 Å². The number of likely N-dealkylation sites (tertiary alicyclic amines) is 1. The van der Waals surface area contributed by atoms with Crippen LogP contribution >= 0.6 is 0 Å². The average molecular weight is 478 g/mol. The molecule has 1 saturated heterocycles. The maximum atomic E-state index is 12.8. The molecule has 1 amide bonds. The Balaban J connectivity index is 1.81. The van der Waals surface area contributed by atoms with Gasteiger partial charge in [0, 0.05) is 55.2 Å². The fraction of sp³-hybridized carbons (Fsp3) is 0.414. The predicted octanol–water partition coefficient (Wildman–Crippen LogP) is 5.84. The van der Waals surface area contributed by atoms with Crippen molar-refractivity contribution in [2.75, 3.05) is 44.7 Å². The Hall–Kier alpha value is -3.25. The third kappa shape index (κ3) is 6.89. The van der Waals surface area contributed by atoms with E-state index in [1.54, 1.807) is 13.4 Å². The highest BCUT2D eigenvalue weighted by molar-refractivity contribution is 5.94. The Morgan fingerprint density at radius 2 is 1.77 bits per heavy atom. The topological polar surface area (TPSA) is 45.2 Å². The lowest BCUT2D eigenvalue weighted by Crippen LogP contribution is -2.43. The van der Waals surface area contributed by atoms with E-state index >= 15 is 0 Å². The SMILES string of the molecule is C=C(CN1CCC(N(c2ccc(C(=O)N(CC)CC)cc2)c2cccc(OC)c2)CC1)O/C=C\C. The summed E-state index contributed by atoms with van der Waals surface area (Å²) in [5, 5.41) is 0. The number of rotatable bonds is 11. The second-order valence-electron chi connectivity index (χ2n) is 8.73. The fourth-order valence-electron chi connectivity index (χ4n) is 4.58. The number of amides is 1. The lowest BCUT2D eigenvalue weighted by molar-refractivity contribution is 0.0773. The molecule has 0 aromatic heterocycles. The number of methoxy groups -OCH3 is 1. The number of hydrogen-bond acceptors (Lipinski definition) is 5. The van der Waals surface area contributed by atoms with Crippen molar-refractivity contribution in [3.05, 3.63) is 78.8 Å². The van der Waals surface area contributed by atoms with Gasteiger partial charge in [0.1, 0.15) is 11.5 Å². The van der Waals surface area contributed by atoms with Crippen molar-refractivity contribution < 1.29 is 14.3 Å². The molecule has 6 heteroatoms. The molecular formula is C29H39N3O3. The molecular weight excluding hydrogens is 438 g/mol. The number of benzene rings is 2. The number of ether oxygens (including phenoxy) is 2. The van der Waals surface area contributed by atoms with Crippen LogP contribution in [0.4, 0.5) is 11.4 Å². The van der Waals surface area contributed by atoms with Crippen LogP contribution in [0.1, 0.15) is 44.0 Å². The van der Waals surface area contributed by atoms with E-state index in [0.29, 0.717) is 19.1 Å². The van der Waals surface area contributed by atoms with Crippen molar-refractivity contribution in [1.82, 2.24) is 9.80 Å². The van der Waals surface area contributed by atoms with Crippen LogP contribution in [-0.2, 0) is 4.74 Å². The van der Waals surface area contributed by atoms with E-state index in [1.165, 1.54) is 0 Å². The zero-order chi connectivity index (χ0) is 25.2. The van der Waals surface area contributed by atoms with E-state index in [-0.39, 0.29) is 5.91 Å². The Morgan fingerprint density at radius 1 is 1.09 bits per heavy atom. The van der Waals surface area contributed by atoms with E-state index in [9.17, 15) is 4.79 Å². The maximum absolute atomic E-state index is 12.8. The minimum absolute atomic E-state index is 0.0724. The third-order valence-corrected chi connectivity index (χ3v) is 6.47. The van der Waals surface area contributed by atoms with Gasteiger partial charge in [0.15, 0.2) is 0 Å². The van der Waals surface area contributed by atoms with Crippen molar-refractivity contribution in [2.24, 2.45) is 0 Å². The highest BCUT2D eigenvalue weighted by Gasteiger charge is 2.27. The van der Waals surface area contributed by atoms with E-state index in [2.05, 4.69) is 40.6 Å². The predicted molar refractivity (Wildman–Crippen MR) is 143 cm³/mol. The molecule has 35 heavy (non-hydrogen) atoms. The lowest BCUT2D eigenvalue weighted by atomic mass is 10.0. The number of carbonyl (C=O) groups excluding carboxylic acids is 1. The summed E-state index contributed by atoms with van der Waals surface area (Å²) in [6.07, 6.45) is 5.56. The number of piperidine rings is 1. The molecule has 0 bridgehead atoms. The van der Waals surface area contributed by atoms with Gasteiger partial charge in [-0.15, -0.1) is 0 Å². The Labute approximate surface area is 210 Å². The molecule has 0 atom stereocenters. The molecule has 0 radical (unpaired) electrons. The van der Waals surface area contributed by atoms with E-state index in [4.69, 9.17) is 9.47 Å². The molecule has 6 nitrogen and oxygen atoms in total. The zero-order valence-corrected chi connectivity index (χ0v) is 21.6. The van der Waals surface area contributed by atoms with Crippen LogP contribution in [0.5, 0.6) is 5.75 Å². The van der Waals surface area contributed by atoms with Crippen LogP contribution in [0.15, 0.2) is 73.2 Å². The maximum Gasteiger partial charge on any atom is 0.253 e. The molecule has 0 unspecified atom stereocenters. The Kier molecular flexibility index (Phi) is 9.79. The van der Waals surface area contributed by atoms with Gasteiger partial charge in [-0.2, -0.15) is 0 Å². The molecule has 1 fully saturated rings. The van der Waals surface area contributed by atoms with Gasteiger partial charge in [0.05, 0.1) is 19.9 Å². The lowest BCUT2D eigenvalue weighted by Gasteiger charge is -2.40. The van der Waals surface area contributed by atoms with Crippen LogP contribution in [0.25, 0.3) is 0 Å². The number of allylic oxidation sites excluding steroid dienone is 1. The van der Waals surface area contributed by atoms with Crippen LogP contribution in [0.2, 0.25) is 0 Å². The summed E-state index contributed by atoms with van der Waals surface area (Å²) in [6, 6.07) is 16.5. The Morgan fingerprint density at radius 3 is 2.37 bits per heavy atom. The molecule has 2 aromatic carbocycles. The summed E-state index contributed by atoms with van der Waals surface area (Å²) >= 11 is 0. The molecule has 3 rings (SSSR count). The van der Waals surface area contributed by atoms with Crippen LogP contribution in [-0.4, -0.2) is 61.6 Å². The molecule has 1 aliphatic rings. The first kappa shape index (κ1) is 26.4. The van der Waals surface area contributed by atoms with Crippen molar-refractivity contribution in [3.63, 3.8) is 0 Å². The van der Waals surface area contributed by atoms with Crippen LogP contribution in [0, 0.1) is 0 Å². The molecule has 1 heterocycles. The summed E-state index contributed by atoms with van der Waals surface area (Å²) in [7, 11) is 1.69. The van der Waals surface area contributed by atoms with E-state index in [0.717, 1.165) is 60.9 Å². The first-order valence-electron chi connectivity index (χ1n) is 12.5.